The minimum absolute atomic E-state index is 0.795. The Bertz CT molecular complexity index is 381. The predicted molar refractivity (Wildman–Crippen MR) is 70.0 cm³/mol. The van der Waals surface area contributed by atoms with Gasteiger partial charge in [0, 0.05) is 38.9 Å². The summed E-state index contributed by atoms with van der Waals surface area (Å²) >= 11 is 0. The standard InChI is InChI=1S/C13H20N4/c14-12-2-1-5-15-13(12)17-8-6-16(7-9-17)10-11-3-4-11/h1-2,5,11H,3-4,6-10,14H2. The Hall–Kier alpha value is -1.29. The number of piperazine rings is 1. The minimum atomic E-state index is 0.795. The molecular formula is C13H20N4. The molecule has 2 N–H and O–H groups in total. The zero-order valence-electron chi connectivity index (χ0n) is 10.2. The molecule has 4 nitrogen and oxygen atoms in total. The molecule has 4 heteroatoms. The third-order valence-corrected chi connectivity index (χ3v) is 3.70. The van der Waals surface area contributed by atoms with Crippen molar-refractivity contribution in [1.29, 1.82) is 0 Å². The van der Waals surface area contributed by atoms with Crippen LogP contribution in [-0.4, -0.2) is 42.6 Å². The van der Waals surface area contributed by atoms with Crippen LogP contribution in [0, 0.1) is 5.92 Å². The summed E-state index contributed by atoms with van der Waals surface area (Å²) in [6, 6.07) is 3.82. The Morgan fingerprint density at radius 2 is 2.00 bits per heavy atom. The molecule has 0 bridgehead atoms. The molecule has 1 saturated carbocycles. The summed E-state index contributed by atoms with van der Waals surface area (Å²) in [5.41, 5.74) is 6.75. The van der Waals surface area contributed by atoms with Gasteiger partial charge in [-0.15, -0.1) is 0 Å². The van der Waals surface area contributed by atoms with E-state index in [4.69, 9.17) is 5.73 Å². The van der Waals surface area contributed by atoms with Crippen molar-refractivity contribution in [2.24, 2.45) is 5.92 Å². The number of nitrogen functional groups attached to an aromatic ring is 1. The van der Waals surface area contributed by atoms with Gasteiger partial charge in [0.1, 0.15) is 0 Å². The van der Waals surface area contributed by atoms with Crippen molar-refractivity contribution in [2.45, 2.75) is 12.8 Å². The van der Waals surface area contributed by atoms with Crippen LogP contribution in [-0.2, 0) is 0 Å². The fourth-order valence-electron chi connectivity index (χ4n) is 2.48. The van der Waals surface area contributed by atoms with Gasteiger partial charge < -0.3 is 10.6 Å². The molecular weight excluding hydrogens is 212 g/mol. The van der Waals surface area contributed by atoms with E-state index in [1.807, 2.05) is 18.3 Å². The number of nitrogens with zero attached hydrogens (tertiary/aromatic N) is 3. The smallest absolute Gasteiger partial charge is 0.151 e. The summed E-state index contributed by atoms with van der Waals surface area (Å²) < 4.78 is 0. The lowest BCUT2D eigenvalue weighted by molar-refractivity contribution is 0.247. The van der Waals surface area contributed by atoms with E-state index in [1.165, 1.54) is 19.4 Å². The maximum Gasteiger partial charge on any atom is 0.151 e. The van der Waals surface area contributed by atoms with E-state index in [2.05, 4.69) is 14.8 Å². The number of hydrogen-bond acceptors (Lipinski definition) is 4. The summed E-state index contributed by atoms with van der Waals surface area (Å²) in [6.07, 6.45) is 4.70. The number of hydrogen-bond donors (Lipinski definition) is 1. The number of nitrogens with two attached hydrogens (primary N) is 1. The first kappa shape index (κ1) is 10.8. The van der Waals surface area contributed by atoms with E-state index in [0.29, 0.717) is 0 Å². The van der Waals surface area contributed by atoms with Crippen molar-refractivity contribution in [1.82, 2.24) is 9.88 Å². The summed E-state index contributed by atoms with van der Waals surface area (Å²) in [5.74, 6) is 1.94. The number of rotatable bonds is 3. The molecule has 2 heterocycles. The summed E-state index contributed by atoms with van der Waals surface area (Å²) in [7, 11) is 0. The van der Waals surface area contributed by atoms with Crippen molar-refractivity contribution >= 4 is 11.5 Å². The minimum Gasteiger partial charge on any atom is -0.396 e. The fraction of sp³-hybridized carbons (Fsp3) is 0.615. The second-order valence-corrected chi connectivity index (χ2v) is 5.15. The van der Waals surface area contributed by atoms with E-state index in [0.717, 1.165) is 43.6 Å². The summed E-state index contributed by atoms with van der Waals surface area (Å²) in [5, 5.41) is 0. The molecule has 1 aliphatic heterocycles. The average molecular weight is 232 g/mol. The van der Waals surface area contributed by atoms with Crippen LogP contribution in [0.3, 0.4) is 0 Å². The van der Waals surface area contributed by atoms with E-state index >= 15 is 0 Å². The van der Waals surface area contributed by atoms with Crippen LogP contribution >= 0.6 is 0 Å². The van der Waals surface area contributed by atoms with Crippen molar-refractivity contribution in [3.63, 3.8) is 0 Å². The number of pyridine rings is 1. The summed E-state index contributed by atoms with van der Waals surface area (Å²) in [6.45, 7) is 5.69. The van der Waals surface area contributed by atoms with Crippen LogP contribution in [0.2, 0.25) is 0 Å². The highest BCUT2D eigenvalue weighted by atomic mass is 15.3. The normalized spacial score (nSPS) is 21.8. The highest BCUT2D eigenvalue weighted by Gasteiger charge is 2.26. The maximum atomic E-state index is 5.96. The lowest BCUT2D eigenvalue weighted by Crippen LogP contribution is -2.47. The largest absolute Gasteiger partial charge is 0.396 e. The van der Waals surface area contributed by atoms with Gasteiger partial charge in [0.05, 0.1) is 5.69 Å². The Kier molecular flexibility index (Phi) is 2.89. The third-order valence-electron chi connectivity index (χ3n) is 3.70. The SMILES string of the molecule is Nc1cccnc1N1CCN(CC2CC2)CC1. The van der Waals surface area contributed by atoms with Gasteiger partial charge in [-0.2, -0.15) is 0 Å². The molecule has 0 amide bonds. The van der Waals surface area contributed by atoms with Crippen LogP contribution in [0.5, 0.6) is 0 Å². The maximum absolute atomic E-state index is 5.96. The molecule has 92 valence electrons. The van der Waals surface area contributed by atoms with Crippen LogP contribution in [0.25, 0.3) is 0 Å². The van der Waals surface area contributed by atoms with Crippen molar-refractivity contribution < 1.29 is 0 Å². The molecule has 0 atom stereocenters. The zero-order valence-corrected chi connectivity index (χ0v) is 10.2. The Balaban J connectivity index is 1.58. The van der Waals surface area contributed by atoms with E-state index in [-0.39, 0.29) is 0 Å². The molecule has 0 spiro atoms. The molecule has 1 saturated heterocycles. The molecule has 2 aliphatic rings. The van der Waals surface area contributed by atoms with Crippen LogP contribution in [0.4, 0.5) is 11.5 Å². The molecule has 0 radical (unpaired) electrons. The molecule has 1 aromatic rings. The van der Waals surface area contributed by atoms with Gasteiger partial charge in [-0.1, -0.05) is 0 Å². The van der Waals surface area contributed by atoms with Crippen LogP contribution < -0.4 is 10.6 Å². The Morgan fingerprint density at radius 1 is 1.24 bits per heavy atom. The monoisotopic (exact) mass is 232 g/mol. The second-order valence-electron chi connectivity index (χ2n) is 5.15. The predicted octanol–water partition coefficient (Wildman–Crippen LogP) is 1.20. The van der Waals surface area contributed by atoms with Crippen molar-refractivity contribution in [3.05, 3.63) is 18.3 Å². The fourth-order valence-corrected chi connectivity index (χ4v) is 2.48. The van der Waals surface area contributed by atoms with Gasteiger partial charge in [0.15, 0.2) is 5.82 Å². The first-order chi connectivity index (χ1) is 8.33. The van der Waals surface area contributed by atoms with Crippen LogP contribution in [0.15, 0.2) is 18.3 Å². The average Bonchev–Trinajstić information content (AvgIpc) is 3.15. The first-order valence-electron chi connectivity index (χ1n) is 6.51. The first-order valence-corrected chi connectivity index (χ1v) is 6.51. The molecule has 1 aliphatic carbocycles. The van der Waals surface area contributed by atoms with Gasteiger partial charge in [0.25, 0.3) is 0 Å². The quantitative estimate of drug-likeness (QED) is 0.850. The highest BCUT2D eigenvalue weighted by molar-refractivity contribution is 5.62. The van der Waals surface area contributed by atoms with Gasteiger partial charge >= 0.3 is 0 Å². The van der Waals surface area contributed by atoms with Gasteiger partial charge in [-0.3, -0.25) is 4.90 Å². The molecule has 1 aromatic heterocycles. The Morgan fingerprint density at radius 3 is 2.65 bits per heavy atom. The van der Waals surface area contributed by atoms with Crippen molar-refractivity contribution in [2.75, 3.05) is 43.4 Å². The second kappa shape index (κ2) is 4.53. The zero-order chi connectivity index (χ0) is 11.7. The third kappa shape index (κ3) is 2.52. The van der Waals surface area contributed by atoms with Gasteiger partial charge in [0.2, 0.25) is 0 Å². The topological polar surface area (TPSA) is 45.4 Å². The van der Waals surface area contributed by atoms with E-state index in [1.54, 1.807) is 0 Å². The number of anilines is 2. The van der Waals surface area contributed by atoms with Gasteiger partial charge in [-0.05, 0) is 30.9 Å². The molecule has 0 unspecified atom stereocenters. The van der Waals surface area contributed by atoms with Gasteiger partial charge in [-0.25, -0.2) is 4.98 Å². The van der Waals surface area contributed by atoms with Crippen molar-refractivity contribution in [3.8, 4) is 0 Å². The lowest BCUT2D eigenvalue weighted by atomic mass is 10.2. The highest BCUT2D eigenvalue weighted by Crippen LogP contribution is 2.30. The lowest BCUT2D eigenvalue weighted by Gasteiger charge is -2.35. The number of aromatic nitrogens is 1. The Labute approximate surface area is 102 Å². The summed E-state index contributed by atoms with van der Waals surface area (Å²) in [4.78, 5) is 9.26. The molecule has 3 rings (SSSR count). The van der Waals surface area contributed by atoms with Crippen LogP contribution in [0.1, 0.15) is 12.8 Å². The molecule has 17 heavy (non-hydrogen) atoms. The molecule has 2 fully saturated rings. The van der Waals surface area contributed by atoms with E-state index in [9.17, 15) is 0 Å². The molecule has 0 aromatic carbocycles. The van der Waals surface area contributed by atoms with E-state index < -0.39 is 0 Å².